The van der Waals surface area contributed by atoms with Gasteiger partial charge in [-0.05, 0) is 37.7 Å². The topological polar surface area (TPSA) is 90.5 Å². The summed E-state index contributed by atoms with van der Waals surface area (Å²) in [4.78, 5) is 22.5. The van der Waals surface area contributed by atoms with Gasteiger partial charge in [-0.25, -0.2) is 9.59 Å². The molecule has 0 fully saturated rings. The summed E-state index contributed by atoms with van der Waals surface area (Å²) in [6, 6.07) is 3.78. The van der Waals surface area contributed by atoms with Crippen molar-refractivity contribution in [2.75, 3.05) is 25.0 Å². The molecule has 0 radical (unpaired) electrons. The fourth-order valence-electron chi connectivity index (χ4n) is 1.55. The number of carboxylic acids is 1. The van der Waals surface area contributed by atoms with Gasteiger partial charge in [0.15, 0.2) is 0 Å². The Morgan fingerprint density at radius 2 is 2.00 bits per heavy atom. The highest BCUT2D eigenvalue weighted by atomic mass is 35.5. The van der Waals surface area contributed by atoms with E-state index in [0.717, 1.165) is 19.5 Å². The van der Waals surface area contributed by atoms with Gasteiger partial charge in [-0.2, -0.15) is 0 Å². The predicted octanol–water partition coefficient (Wildman–Crippen LogP) is 2.16. The van der Waals surface area contributed by atoms with Crippen molar-refractivity contribution < 1.29 is 14.7 Å². The maximum Gasteiger partial charge on any atom is 0.335 e. The molecule has 0 aliphatic rings. The molecular formula is C13H18ClN3O3. The SMILES string of the molecule is CCNCCCNC(=O)Nc1cc(Cl)cc(C(=O)O)c1. The molecule has 0 bridgehead atoms. The molecule has 0 unspecified atom stereocenters. The molecule has 1 aromatic carbocycles. The first-order valence-corrected chi connectivity index (χ1v) is 6.70. The van der Waals surface area contributed by atoms with E-state index in [9.17, 15) is 9.59 Å². The Kier molecular flexibility index (Phi) is 6.83. The van der Waals surface area contributed by atoms with Crippen molar-refractivity contribution in [2.45, 2.75) is 13.3 Å². The van der Waals surface area contributed by atoms with E-state index in [1.54, 1.807) is 0 Å². The van der Waals surface area contributed by atoms with Gasteiger partial charge in [-0.15, -0.1) is 0 Å². The van der Waals surface area contributed by atoms with E-state index in [1.165, 1.54) is 18.2 Å². The molecule has 6 nitrogen and oxygen atoms in total. The number of urea groups is 1. The van der Waals surface area contributed by atoms with E-state index >= 15 is 0 Å². The summed E-state index contributed by atoms with van der Waals surface area (Å²) >= 11 is 5.80. The van der Waals surface area contributed by atoms with Crippen molar-refractivity contribution in [2.24, 2.45) is 0 Å². The minimum atomic E-state index is -1.10. The highest BCUT2D eigenvalue weighted by Crippen LogP contribution is 2.19. The molecule has 0 aliphatic heterocycles. The van der Waals surface area contributed by atoms with E-state index in [-0.39, 0.29) is 16.6 Å². The van der Waals surface area contributed by atoms with E-state index < -0.39 is 5.97 Å². The molecule has 0 spiro atoms. The number of anilines is 1. The van der Waals surface area contributed by atoms with Gasteiger partial charge in [-0.1, -0.05) is 18.5 Å². The zero-order chi connectivity index (χ0) is 15.0. The number of carbonyl (C=O) groups is 2. The van der Waals surface area contributed by atoms with Gasteiger partial charge < -0.3 is 21.1 Å². The van der Waals surface area contributed by atoms with Crippen molar-refractivity contribution >= 4 is 29.3 Å². The number of nitrogens with one attached hydrogen (secondary N) is 3. The Balaban J connectivity index is 2.47. The van der Waals surface area contributed by atoms with Gasteiger partial charge in [0.2, 0.25) is 0 Å². The number of hydrogen-bond acceptors (Lipinski definition) is 3. The Bertz CT molecular complexity index is 480. The summed E-state index contributed by atoms with van der Waals surface area (Å²) in [5.41, 5.74) is 0.374. The molecule has 0 saturated carbocycles. The number of rotatable bonds is 7. The van der Waals surface area contributed by atoms with E-state index in [4.69, 9.17) is 16.7 Å². The van der Waals surface area contributed by atoms with Crippen LogP contribution in [-0.4, -0.2) is 36.7 Å². The second-order valence-corrected chi connectivity index (χ2v) is 4.56. The average Bonchev–Trinajstić information content (AvgIpc) is 2.37. The van der Waals surface area contributed by atoms with Crippen LogP contribution >= 0.6 is 11.6 Å². The third-order valence-corrected chi connectivity index (χ3v) is 2.69. The molecule has 0 heterocycles. The first-order chi connectivity index (χ1) is 9.52. The van der Waals surface area contributed by atoms with Crippen molar-refractivity contribution in [1.82, 2.24) is 10.6 Å². The number of amides is 2. The van der Waals surface area contributed by atoms with Gasteiger partial charge in [0.1, 0.15) is 0 Å². The van der Waals surface area contributed by atoms with Crippen molar-refractivity contribution in [1.29, 1.82) is 0 Å². The summed E-state index contributed by atoms with van der Waals surface area (Å²) in [6.45, 7) is 4.27. The minimum absolute atomic E-state index is 0.0277. The molecule has 0 saturated heterocycles. The molecule has 4 N–H and O–H groups in total. The molecule has 1 aromatic rings. The fraction of sp³-hybridized carbons (Fsp3) is 0.385. The standard InChI is InChI=1S/C13H18ClN3O3/c1-2-15-4-3-5-16-13(20)17-11-7-9(12(18)19)6-10(14)8-11/h6-8,15H,2-5H2,1H3,(H,18,19)(H2,16,17,20). The van der Waals surface area contributed by atoms with E-state index in [0.29, 0.717) is 12.2 Å². The first-order valence-electron chi connectivity index (χ1n) is 6.32. The van der Waals surface area contributed by atoms with Crippen molar-refractivity contribution in [3.05, 3.63) is 28.8 Å². The van der Waals surface area contributed by atoms with Crippen LogP contribution in [-0.2, 0) is 0 Å². The van der Waals surface area contributed by atoms with Gasteiger partial charge in [0.25, 0.3) is 0 Å². The van der Waals surface area contributed by atoms with E-state index in [1.807, 2.05) is 6.92 Å². The molecule has 20 heavy (non-hydrogen) atoms. The van der Waals surface area contributed by atoms with Gasteiger partial charge in [-0.3, -0.25) is 0 Å². The molecule has 0 atom stereocenters. The van der Waals surface area contributed by atoms with Crippen LogP contribution in [0.25, 0.3) is 0 Å². The normalized spacial score (nSPS) is 10.1. The number of aromatic carboxylic acids is 1. The number of carbonyl (C=O) groups excluding carboxylic acids is 1. The minimum Gasteiger partial charge on any atom is -0.478 e. The second kappa shape index (κ2) is 8.39. The lowest BCUT2D eigenvalue weighted by Crippen LogP contribution is -2.31. The van der Waals surface area contributed by atoms with Crippen LogP contribution in [0.2, 0.25) is 5.02 Å². The van der Waals surface area contributed by atoms with Crippen LogP contribution in [0.5, 0.6) is 0 Å². The third-order valence-electron chi connectivity index (χ3n) is 2.47. The van der Waals surface area contributed by atoms with Gasteiger partial charge in [0, 0.05) is 17.3 Å². The quantitative estimate of drug-likeness (QED) is 0.581. The summed E-state index contributed by atoms with van der Waals surface area (Å²) in [5.74, 6) is -1.10. The second-order valence-electron chi connectivity index (χ2n) is 4.12. The molecule has 0 aromatic heterocycles. The zero-order valence-electron chi connectivity index (χ0n) is 11.2. The molecule has 0 aliphatic carbocycles. The number of carboxylic acid groups (broad SMARTS) is 1. The van der Waals surface area contributed by atoms with Crippen molar-refractivity contribution in [3.8, 4) is 0 Å². The smallest absolute Gasteiger partial charge is 0.335 e. The highest BCUT2D eigenvalue weighted by Gasteiger charge is 2.08. The number of hydrogen-bond donors (Lipinski definition) is 4. The van der Waals surface area contributed by atoms with E-state index in [2.05, 4.69) is 16.0 Å². The van der Waals surface area contributed by atoms with Crippen LogP contribution in [0.4, 0.5) is 10.5 Å². The summed E-state index contributed by atoms with van der Waals surface area (Å²) in [7, 11) is 0. The molecular weight excluding hydrogens is 282 g/mol. The van der Waals surface area contributed by atoms with Gasteiger partial charge >= 0.3 is 12.0 Å². The Labute approximate surface area is 122 Å². The lowest BCUT2D eigenvalue weighted by atomic mass is 10.2. The lowest BCUT2D eigenvalue weighted by Gasteiger charge is -2.09. The maximum absolute atomic E-state index is 11.6. The number of benzene rings is 1. The molecule has 1 rings (SSSR count). The maximum atomic E-state index is 11.6. The Morgan fingerprint density at radius 1 is 1.25 bits per heavy atom. The average molecular weight is 300 g/mol. The number of halogens is 1. The highest BCUT2D eigenvalue weighted by molar-refractivity contribution is 6.31. The van der Waals surface area contributed by atoms with Gasteiger partial charge in [0.05, 0.1) is 5.56 Å². The third kappa shape index (κ3) is 5.90. The molecule has 2 amide bonds. The first kappa shape index (κ1) is 16.3. The predicted molar refractivity (Wildman–Crippen MR) is 78.6 cm³/mol. The van der Waals surface area contributed by atoms with Crippen LogP contribution in [0.1, 0.15) is 23.7 Å². The molecule has 7 heteroatoms. The lowest BCUT2D eigenvalue weighted by molar-refractivity contribution is 0.0697. The summed E-state index contributed by atoms with van der Waals surface area (Å²) in [5, 5.41) is 17.5. The van der Waals surface area contributed by atoms with Crippen molar-refractivity contribution in [3.63, 3.8) is 0 Å². The fourth-order valence-corrected chi connectivity index (χ4v) is 1.79. The monoisotopic (exact) mass is 299 g/mol. The Morgan fingerprint density at radius 3 is 2.65 bits per heavy atom. The van der Waals surface area contributed by atoms with Crippen LogP contribution in [0, 0.1) is 0 Å². The van der Waals surface area contributed by atoms with Crippen LogP contribution < -0.4 is 16.0 Å². The summed E-state index contributed by atoms with van der Waals surface area (Å²) in [6.07, 6.45) is 0.817. The largest absolute Gasteiger partial charge is 0.478 e. The zero-order valence-corrected chi connectivity index (χ0v) is 12.0. The van der Waals surface area contributed by atoms with Crippen LogP contribution in [0.15, 0.2) is 18.2 Å². The Hall–Kier alpha value is -1.79. The molecule has 110 valence electrons. The van der Waals surface area contributed by atoms with Crippen LogP contribution in [0.3, 0.4) is 0 Å². The summed E-state index contributed by atoms with van der Waals surface area (Å²) < 4.78 is 0.